The van der Waals surface area contributed by atoms with Gasteiger partial charge in [0, 0.05) is 17.4 Å². The van der Waals surface area contributed by atoms with Crippen LogP contribution in [0.15, 0.2) is 46.9 Å². The molecule has 0 fully saturated rings. The Bertz CT molecular complexity index is 897. The largest absolute Gasteiger partial charge is 0.325 e. The van der Waals surface area contributed by atoms with Gasteiger partial charge >= 0.3 is 0 Å². The summed E-state index contributed by atoms with van der Waals surface area (Å²) >= 11 is 3.39. The number of carbonyl (C=O) groups is 1. The fourth-order valence-corrected chi connectivity index (χ4v) is 4.03. The molecule has 0 aliphatic heterocycles. The molecule has 0 heterocycles. The minimum absolute atomic E-state index is 0.147. The van der Waals surface area contributed by atoms with Crippen molar-refractivity contribution in [3.8, 4) is 0 Å². The summed E-state index contributed by atoms with van der Waals surface area (Å²) < 4.78 is 26.6. The molecule has 0 saturated heterocycles. The number of hydrogen-bond donors (Lipinski definition) is 1. The van der Waals surface area contributed by atoms with Crippen LogP contribution >= 0.6 is 15.9 Å². The fraction of sp³-hybridized carbons (Fsp3) is 0.316. The van der Waals surface area contributed by atoms with Crippen LogP contribution in [0.25, 0.3) is 0 Å². The van der Waals surface area contributed by atoms with Gasteiger partial charge in [0.25, 0.3) is 0 Å². The molecule has 0 spiro atoms. The van der Waals surface area contributed by atoms with Crippen molar-refractivity contribution in [1.82, 2.24) is 0 Å². The van der Waals surface area contributed by atoms with E-state index in [0.29, 0.717) is 17.8 Å². The Balaban J connectivity index is 2.03. The second-order valence-electron chi connectivity index (χ2n) is 6.19. The van der Waals surface area contributed by atoms with E-state index in [2.05, 4.69) is 21.2 Å². The van der Waals surface area contributed by atoms with Gasteiger partial charge in [0.05, 0.1) is 17.6 Å². The molecule has 0 bridgehead atoms. The normalized spacial score (nSPS) is 11.2. The molecule has 0 unspecified atom stereocenters. The van der Waals surface area contributed by atoms with Crippen LogP contribution < -0.4 is 9.62 Å². The molecule has 2 aromatic carbocycles. The van der Waals surface area contributed by atoms with Gasteiger partial charge < -0.3 is 5.32 Å². The van der Waals surface area contributed by atoms with E-state index in [1.54, 1.807) is 12.1 Å². The Kier molecular flexibility index (Phi) is 6.83. The van der Waals surface area contributed by atoms with Gasteiger partial charge in [0.15, 0.2) is 0 Å². The molecular weight excluding hydrogens is 416 g/mol. The van der Waals surface area contributed by atoms with Crippen LogP contribution in [0.2, 0.25) is 0 Å². The second kappa shape index (κ2) is 8.68. The SMILES string of the molecule is Cc1cccc(N(CCCC(=O)Nc2ccccc2Br)S(C)(=O)=O)c1C. The number of hydrogen-bond acceptors (Lipinski definition) is 3. The van der Waals surface area contributed by atoms with Crippen molar-refractivity contribution in [2.45, 2.75) is 26.7 Å². The number of aryl methyl sites for hydroxylation is 1. The maximum Gasteiger partial charge on any atom is 0.232 e. The molecule has 1 N–H and O–H groups in total. The van der Waals surface area contributed by atoms with Gasteiger partial charge in [-0.25, -0.2) is 8.42 Å². The smallest absolute Gasteiger partial charge is 0.232 e. The molecule has 0 aliphatic rings. The van der Waals surface area contributed by atoms with E-state index < -0.39 is 10.0 Å². The fourth-order valence-electron chi connectivity index (χ4n) is 2.63. The third kappa shape index (κ3) is 5.32. The molecule has 0 aliphatic carbocycles. The number of nitrogens with one attached hydrogen (secondary N) is 1. The van der Waals surface area contributed by atoms with Gasteiger partial charge in [0.1, 0.15) is 0 Å². The standard InChI is InChI=1S/C19H23BrN2O3S/c1-14-8-6-11-18(15(14)2)22(26(3,24)25)13-7-12-19(23)21-17-10-5-4-9-16(17)20/h4-6,8-11H,7,12-13H2,1-3H3,(H,21,23). The predicted octanol–water partition coefficient (Wildman–Crippen LogP) is 4.25. The van der Waals surface area contributed by atoms with E-state index in [1.807, 2.05) is 44.2 Å². The summed E-state index contributed by atoms with van der Waals surface area (Å²) in [6.45, 7) is 4.11. The molecule has 2 aromatic rings. The highest BCUT2D eigenvalue weighted by Crippen LogP contribution is 2.25. The van der Waals surface area contributed by atoms with Crippen LogP contribution in [0.5, 0.6) is 0 Å². The first-order chi connectivity index (χ1) is 12.2. The van der Waals surface area contributed by atoms with E-state index in [4.69, 9.17) is 0 Å². The Labute approximate surface area is 163 Å². The average molecular weight is 439 g/mol. The Hall–Kier alpha value is -1.86. The molecule has 0 aromatic heterocycles. The number of carbonyl (C=O) groups excluding carboxylic acids is 1. The summed E-state index contributed by atoms with van der Waals surface area (Å²) in [4.78, 5) is 12.2. The topological polar surface area (TPSA) is 66.5 Å². The molecular formula is C19H23BrN2O3S. The highest BCUT2D eigenvalue weighted by atomic mass is 79.9. The van der Waals surface area contributed by atoms with E-state index in [-0.39, 0.29) is 18.9 Å². The van der Waals surface area contributed by atoms with Gasteiger partial charge in [0.2, 0.25) is 15.9 Å². The number of amides is 1. The molecule has 2 rings (SSSR count). The van der Waals surface area contributed by atoms with Crippen molar-refractivity contribution >= 4 is 43.2 Å². The maximum absolute atomic E-state index is 12.2. The van der Waals surface area contributed by atoms with E-state index in [0.717, 1.165) is 15.6 Å². The summed E-state index contributed by atoms with van der Waals surface area (Å²) in [5.41, 5.74) is 3.32. The second-order valence-corrected chi connectivity index (χ2v) is 8.95. The van der Waals surface area contributed by atoms with Gasteiger partial charge in [-0.3, -0.25) is 9.10 Å². The summed E-state index contributed by atoms with van der Waals surface area (Å²) in [5, 5.41) is 2.83. The summed E-state index contributed by atoms with van der Waals surface area (Å²) in [6, 6.07) is 13.0. The molecule has 0 radical (unpaired) electrons. The molecule has 0 saturated carbocycles. The molecule has 5 nitrogen and oxygen atoms in total. The van der Waals surface area contributed by atoms with E-state index >= 15 is 0 Å². The predicted molar refractivity (Wildman–Crippen MR) is 110 cm³/mol. The number of para-hydroxylation sites is 1. The lowest BCUT2D eigenvalue weighted by Gasteiger charge is -2.25. The van der Waals surface area contributed by atoms with Crippen LogP contribution in [-0.4, -0.2) is 27.1 Å². The summed E-state index contributed by atoms with van der Waals surface area (Å²) in [6.07, 6.45) is 1.85. The number of rotatable bonds is 7. The monoisotopic (exact) mass is 438 g/mol. The number of anilines is 2. The molecule has 140 valence electrons. The zero-order chi connectivity index (χ0) is 19.3. The quantitative estimate of drug-likeness (QED) is 0.702. The van der Waals surface area contributed by atoms with Gasteiger partial charge in [-0.15, -0.1) is 0 Å². The highest BCUT2D eigenvalue weighted by molar-refractivity contribution is 9.10. The summed E-state index contributed by atoms with van der Waals surface area (Å²) in [7, 11) is -3.43. The Morgan fingerprint density at radius 1 is 1.12 bits per heavy atom. The van der Waals surface area contributed by atoms with Crippen LogP contribution in [-0.2, 0) is 14.8 Å². The third-order valence-electron chi connectivity index (χ3n) is 4.16. The number of halogens is 1. The first-order valence-corrected chi connectivity index (χ1v) is 10.9. The minimum atomic E-state index is -3.43. The van der Waals surface area contributed by atoms with E-state index in [1.165, 1.54) is 10.6 Å². The maximum atomic E-state index is 12.2. The molecule has 7 heteroatoms. The number of nitrogens with zero attached hydrogens (tertiary/aromatic N) is 1. The Morgan fingerprint density at radius 2 is 1.81 bits per heavy atom. The Morgan fingerprint density at radius 3 is 2.46 bits per heavy atom. The molecule has 1 amide bonds. The zero-order valence-electron chi connectivity index (χ0n) is 15.1. The summed E-state index contributed by atoms with van der Waals surface area (Å²) in [5.74, 6) is -0.147. The van der Waals surface area contributed by atoms with Gasteiger partial charge in [-0.05, 0) is 65.5 Å². The van der Waals surface area contributed by atoms with Crippen molar-refractivity contribution in [2.24, 2.45) is 0 Å². The lowest BCUT2D eigenvalue weighted by Crippen LogP contribution is -2.32. The van der Waals surface area contributed by atoms with Crippen molar-refractivity contribution in [2.75, 3.05) is 22.4 Å². The van der Waals surface area contributed by atoms with Crippen molar-refractivity contribution in [3.05, 3.63) is 58.1 Å². The highest BCUT2D eigenvalue weighted by Gasteiger charge is 2.20. The first-order valence-electron chi connectivity index (χ1n) is 8.28. The lowest BCUT2D eigenvalue weighted by molar-refractivity contribution is -0.116. The van der Waals surface area contributed by atoms with E-state index in [9.17, 15) is 13.2 Å². The lowest BCUT2D eigenvalue weighted by atomic mass is 10.1. The molecule has 0 atom stereocenters. The van der Waals surface area contributed by atoms with Crippen molar-refractivity contribution in [3.63, 3.8) is 0 Å². The van der Waals surface area contributed by atoms with Crippen LogP contribution in [0, 0.1) is 13.8 Å². The first kappa shape index (κ1) is 20.5. The third-order valence-corrected chi connectivity index (χ3v) is 6.03. The average Bonchev–Trinajstić information content (AvgIpc) is 2.56. The molecule has 26 heavy (non-hydrogen) atoms. The van der Waals surface area contributed by atoms with Gasteiger partial charge in [-0.2, -0.15) is 0 Å². The zero-order valence-corrected chi connectivity index (χ0v) is 17.5. The number of sulfonamides is 1. The minimum Gasteiger partial charge on any atom is -0.325 e. The number of benzene rings is 2. The van der Waals surface area contributed by atoms with Crippen LogP contribution in [0.4, 0.5) is 11.4 Å². The van der Waals surface area contributed by atoms with Crippen LogP contribution in [0.3, 0.4) is 0 Å². The van der Waals surface area contributed by atoms with Crippen molar-refractivity contribution < 1.29 is 13.2 Å². The van der Waals surface area contributed by atoms with Crippen LogP contribution in [0.1, 0.15) is 24.0 Å². The van der Waals surface area contributed by atoms with Gasteiger partial charge in [-0.1, -0.05) is 24.3 Å². The van der Waals surface area contributed by atoms with Crippen molar-refractivity contribution in [1.29, 1.82) is 0 Å².